The standard InChI is InChI=1S/C20H21ClF3N3O2S/c1-13-11-15(4-6-17(13)21)30(28,29)27-9-2-8-25-18-7-10-26-19-12-14(20(22,23)24)3-5-16(18)19/h3-7,10-12,27-29H,2,8-9H2,1H3,(H,25,26). The molecular weight excluding hydrogens is 439 g/mol. The summed E-state index contributed by atoms with van der Waals surface area (Å²) in [4.78, 5) is 4.37. The van der Waals surface area contributed by atoms with Crippen LogP contribution in [-0.2, 0) is 6.18 Å². The molecule has 30 heavy (non-hydrogen) atoms. The van der Waals surface area contributed by atoms with E-state index in [2.05, 4.69) is 15.0 Å². The molecule has 3 rings (SSSR count). The highest BCUT2D eigenvalue weighted by molar-refractivity contribution is 8.22. The predicted octanol–water partition coefficient (Wildman–Crippen LogP) is 6.33. The molecule has 0 aliphatic heterocycles. The van der Waals surface area contributed by atoms with Gasteiger partial charge in [0.05, 0.1) is 16.0 Å². The minimum atomic E-state index is -4.42. The molecule has 162 valence electrons. The molecule has 0 spiro atoms. The number of pyridine rings is 1. The number of nitrogens with zero attached hydrogens (tertiary/aromatic N) is 1. The third-order valence-corrected chi connectivity index (χ3v) is 6.44. The van der Waals surface area contributed by atoms with Gasteiger partial charge in [-0.1, -0.05) is 17.7 Å². The lowest BCUT2D eigenvalue weighted by molar-refractivity contribution is -0.137. The first-order valence-corrected chi connectivity index (χ1v) is 11.0. The normalized spacial score (nSPS) is 12.9. The van der Waals surface area contributed by atoms with Crippen LogP contribution in [0.15, 0.2) is 53.6 Å². The van der Waals surface area contributed by atoms with Gasteiger partial charge in [-0.15, -0.1) is 10.8 Å². The second kappa shape index (κ2) is 8.99. The van der Waals surface area contributed by atoms with Gasteiger partial charge in [0.2, 0.25) is 0 Å². The Morgan fingerprint density at radius 2 is 1.83 bits per heavy atom. The number of benzene rings is 2. The van der Waals surface area contributed by atoms with E-state index < -0.39 is 22.5 Å². The van der Waals surface area contributed by atoms with Crippen molar-refractivity contribution in [3.63, 3.8) is 0 Å². The van der Waals surface area contributed by atoms with E-state index in [0.29, 0.717) is 40.5 Å². The number of fused-ring (bicyclic) bond motifs is 1. The zero-order valence-electron chi connectivity index (χ0n) is 16.0. The van der Waals surface area contributed by atoms with Crippen LogP contribution in [0.4, 0.5) is 18.9 Å². The molecule has 2 aromatic carbocycles. The highest BCUT2D eigenvalue weighted by atomic mass is 35.5. The molecule has 0 fully saturated rings. The first kappa shape index (κ1) is 22.6. The van der Waals surface area contributed by atoms with Crippen LogP contribution < -0.4 is 10.0 Å². The van der Waals surface area contributed by atoms with Crippen molar-refractivity contribution in [1.29, 1.82) is 0 Å². The molecule has 0 saturated carbocycles. The van der Waals surface area contributed by atoms with Crippen molar-refractivity contribution in [3.05, 3.63) is 64.8 Å². The van der Waals surface area contributed by atoms with Crippen molar-refractivity contribution < 1.29 is 22.3 Å². The number of aromatic nitrogens is 1. The van der Waals surface area contributed by atoms with Gasteiger partial charge in [-0.25, -0.2) is 4.72 Å². The smallest absolute Gasteiger partial charge is 0.384 e. The van der Waals surface area contributed by atoms with Crippen LogP contribution in [0.3, 0.4) is 0 Å². The van der Waals surface area contributed by atoms with E-state index in [0.717, 1.165) is 17.7 Å². The average Bonchev–Trinajstić information content (AvgIpc) is 2.68. The van der Waals surface area contributed by atoms with Crippen LogP contribution in [0.2, 0.25) is 5.02 Å². The van der Waals surface area contributed by atoms with Crippen molar-refractivity contribution in [3.8, 4) is 0 Å². The molecule has 4 N–H and O–H groups in total. The van der Waals surface area contributed by atoms with E-state index in [1.807, 2.05) is 0 Å². The lowest BCUT2D eigenvalue weighted by Gasteiger charge is -2.33. The highest BCUT2D eigenvalue weighted by Crippen LogP contribution is 2.44. The molecule has 0 atom stereocenters. The summed E-state index contributed by atoms with van der Waals surface area (Å²) in [5, 5.41) is 4.28. The van der Waals surface area contributed by atoms with E-state index in [1.165, 1.54) is 12.3 Å². The second-order valence-electron chi connectivity index (χ2n) is 6.72. The third kappa shape index (κ3) is 5.35. The highest BCUT2D eigenvalue weighted by Gasteiger charge is 2.30. The molecule has 0 aliphatic rings. The quantitative estimate of drug-likeness (QED) is 0.310. The number of hydrogen-bond donors (Lipinski definition) is 4. The van der Waals surface area contributed by atoms with E-state index in [1.54, 1.807) is 31.2 Å². The van der Waals surface area contributed by atoms with Gasteiger partial charge in [0.1, 0.15) is 0 Å². The second-order valence-corrected chi connectivity index (χ2v) is 8.99. The molecule has 0 amide bonds. The van der Waals surface area contributed by atoms with E-state index in [-0.39, 0.29) is 5.52 Å². The molecule has 0 unspecified atom stereocenters. The lowest BCUT2D eigenvalue weighted by atomic mass is 10.1. The number of nitrogens with one attached hydrogen (secondary N) is 2. The van der Waals surface area contributed by atoms with E-state index >= 15 is 0 Å². The minimum Gasteiger partial charge on any atom is -0.384 e. The fourth-order valence-corrected chi connectivity index (χ4v) is 4.19. The van der Waals surface area contributed by atoms with Gasteiger partial charge in [0.15, 0.2) is 0 Å². The first-order chi connectivity index (χ1) is 14.1. The van der Waals surface area contributed by atoms with Crippen LogP contribution >= 0.6 is 22.4 Å². The molecule has 0 bridgehead atoms. The van der Waals surface area contributed by atoms with Gasteiger partial charge in [-0.05, 0) is 55.3 Å². The van der Waals surface area contributed by atoms with Crippen LogP contribution in [0.1, 0.15) is 17.5 Å². The van der Waals surface area contributed by atoms with Gasteiger partial charge in [0, 0.05) is 35.4 Å². The Hall–Kier alpha value is -2.04. The van der Waals surface area contributed by atoms with Crippen molar-refractivity contribution in [1.82, 2.24) is 9.71 Å². The van der Waals surface area contributed by atoms with Crippen LogP contribution in [0.25, 0.3) is 10.9 Å². The maximum Gasteiger partial charge on any atom is 0.416 e. The van der Waals surface area contributed by atoms with Gasteiger partial charge < -0.3 is 5.32 Å². The van der Waals surface area contributed by atoms with Gasteiger partial charge >= 0.3 is 6.18 Å². The summed E-state index contributed by atoms with van der Waals surface area (Å²) in [7, 11) is -3.15. The summed E-state index contributed by atoms with van der Waals surface area (Å²) >= 11 is 5.96. The number of anilines is 1. The molecule has 5 nitrogen and oxygen atoms in total. The van der Waals surface area contributed by atoms with E-state index in [4.69, 9.17) is 11.6 Å². The topological polar surface area (TPSA) is 77.4 Å². The number of aryl methyl sites for hydroxylation is 1. The summed E-state index contributed by atoms with van der Waals surface area (Å²) in [5.41, 5.74) is 0.913. The lowest BCUT2D eigenvalue weighted by Crippen LogP contribution is -2.23. The number of rotatable bonds is 7. The van der Waals surface area contributed by atoms with Crippen molar-refractivity contribution in [2.45, 2.75) is 24.4 Å². The Kier molecular flexibility index (Phi) is 6.78. The zero-order chi connectivity index (χ0) is 21.9. The van der Waals surface area contributed by atoms with Gasteiger partial charge in [-0.2, -0.15) is 13.2 Å². The number of alkyl halides is 3. The maximum absolute atomic E-state index is 12.9. The molecule has 1 heterocycles. The summed E-state index contributed by atoms with van der Waals surface area (Å²) in [6.07, 6.45) is -2.42. The maximum atomic E-state index is 12.9. The predicted molar refractivity (Wildman–Crippen MR) is 115 cm³/mol. The molecule has 0 saturated heterocycles. The fourth-order valence-electron chi connectivity index (χ4n) is 2.88. The Bertz CT molecular complexity index is 1050. The fraction of sp³-hybridized carbons (Fsp3) is 0.250. The van der Waals surface area contributed by atoms with Gasteiger partial charge in [0.25, 0.3) is 0 Å². The molecule has 3 aromatic rings. The van der Waals surface area contributed by atoms with Crippen LogP contribution in [0.5, 0.6) is 0 Å². The Morgan fingerprint density at radius 1 is 1.07 bits per heavy atom. The molecule has 1 aromatic heterocycles. The summed E-state index contributed by atoms with van der Waals surface area (Å²) in [5.74, 6) is 0. The zero-order valence-corrected chi connectivity index (χ0v) is 17.6. The summed E-state index contributed by atoms with van der Waals surface area (Å²) in [6, 6.07) is 9.93. The first-order valence-electron chi connectivity index (χ1n) is 9.07. The van der Waals surface area contributed by atoms with Crippen molar-refractivity contribution in [2.24, 2.45) is 0 Å². The van der Waals surface area contributed by atoms with E-state index in [9.17, 15) is 22.3 Å². The Labute approximate surface area is 178 Å². The summed E-state index contributed by atoms with van der Waals surface area (Å²) < 4.78 is 62.0. The molecule has 10 heteroatoms. The van der Waals surface area contributed by atoms with Crippen LogP contribution in [0, 0.1) is 6.92 Å². The van der Waals surface area contributed by atoms with Crippen molar-refractivity contribution >= 4 is 39.0 Å². The monoisotopic (exact) mass is 459 g/mol. The Morgan fingerprint density at radius 3 is 2.53 bits per heavy atom. The molecule has 0 aliphatic carbocycles. The molecular formula is C20H21ClF3N3O2S. The average molecular weight is 460 g/mol. The van der Waals surface area contributed by atoms with Crippen LogP contribution in [-0.4, -0.2) is 27.2 Å². The summed E-state index contributed by atoms with van der Waals surface area (Å²) in [6.45, 7) is 2.57. The van der Waals surface area contributed by atoms with Crippen molar-refractivity contribution in [2.75, 3.05) is 18.4 Å². The molecule has 0 radical (unpaired) electrons. The number of hydrogen-bond acceptors (Lipinski definition) is 5. The largest absolute Gasteiger partial charge is 0.416 e. The van der Waals surface area contributed by atoms with Gasteiger partial charge in [-0.3, -0.25) is 14.1 Å². The minimum absolute atomic E-state index is 0.250. The SMILES string of the molecule is Cc1cc(S(O)(O)NCCCNc2ccnc3cc(C(F)(F)F)ccc23)ccc1Cl. The number of halogens is 4. The third-order valence-electron chi connectivity index (χ3n) is 4.50. The Balaban J connectivity index is 1.57.